The molecule has 3 aromatic heterocycles. The summed E-state index contributed by atoms with van der Waals surface area (Å²) in [6.07, 6.45) is 4.04. The monoisotopic (exact) mass is 413 g/mol. The standard InChI is InChI=1S/C19H19N5O2S2/c1-3-8-23-13(2)20-21-19(23)28-12-18(25)24-15(16-6-4-9-26-16)11-14(22-24)17-7-5-10-27-17/h3-7,9-10,15H,1,8,11-12H2,2H3. The van der Waals surface area contributed by atoms with E-state index in [0.717, 1.165) is 22.2 Å². The minimum atomic E-state index is -0.229. The lowest BCUT2D eigenvalue weighted by atomic mass is 10.1. The number of nitrogens with zero attached hydrogens (tertiary/aromatic N) is 5. The Labute approximate surface area is 170 Å². The molecule has 1 unspecified atom stereocenters. The molecule has 4 heterocycles. The molecule has 0 aromatic carbocycles. The third kappa shape index (κ3) is 3.67. The van der Waals surface area contributed by atoms with Crippen LogP contribution in [0.2, 0.25) is 0 Å². The molecule has 0 bridgehead atoms. The molecule has 1 atom stereocenters. The Morgan fingerprint density at radius 3 is 3.04 bits per heavy atom. The highest BCUT2D eigenvalue weighted by molar-refractivity contribution is 7.99. The first kappa shape index (κ1) is 18.7. The highest BCUT2D eigenvalue weighted by atomic mass is 32.2. The summed E-state index contributed by atoms with van der Waals surface area (Å²) in [6, 6.07) is 7.49. The quantitative estimate of drug-likeness (QED) is 0.434. The maximum absolute atomic E-state index is 13.0. The number of aryl methyl sites for hydroxylation is 1. The van der Waals surface area contributed by atoms with E-state index in [1.165, 1.54) is 11.8 Å². The van der Waals surface area contributed by atoms with Crippen molar-refractivity contribution < 1.29 is 9.21 Å². The highest BCUT2D eigenvalue weighted by Gasteiger charge is 2.35. The number of amides is 1. The Morgan fingerprint density at radius 2 is 2.32 bits per heavy atom. The van der Waals surface area contributed by atoms with Gasteiger partial charge in [0.2, 0.25) is 0 Å². The van der Waals surface area contributed by atoms with Crippen LogP contribution in [0.4, 0.5) is 0 Å². The van der Waals surface area contributed by atoms with Gasteiger partial charge in [0, 0.05) is 13.0 Å². The molecule has 3 aromatic rings. The first-order valence-corrected chi connectivity index (χ1v) is 10.6. The summed E-state index contributed by atoms with van der Waals surface area (Å²) < 4.78 is 7.50. The fourth-order valence-corrected chi connectivity index (χ4v) is 4.60. The molecule has 0 aliphatic carbocycles. The average molecular weight is 414 g/mol. The van der Waals surface area contributed by atoms with Crippen LogP contribution in [-0.4, -0.2) is 37.1 Å². The van der Waals surface area contributed by atoms with Gasteiger partial charge in [-0.2, -0.15) is 5.10 Å². The van der Waals surface area contributed by atoms with Crippen LogP contribution in [0, 0.1) is 6.92 Å². The van der Waals surface area contributed by atoms with E-state index in [4.69, 9.17) is 4.42 Å². The van der Waals surface area contributed by atoms with Gasteiger partial charge in [0.25, 0.3) is 5.91 Å². The van der Waals surface area contributed by atoms with Gasteiger partial charge in [-0.25, -0.2) is 5.01 Å². The van der Waals surface area contributed by atoms with E-state index in [1.807, 2.05) is 41.1 Å². The van der Waals surface area contributed by atoms with Crippen molar-refractivity contribution in [3.63, 3.8) is 0 Å². The molecular formula is C19H19N5O2S2. The van der Waals surface area contributed by atoms with Crippen molar-refractivity contribution in [2.24, 2.45) is 5.10 Å². The summed E-state index contributed by atoms with van der Waals surface area (Å²) in [7, 11) is 0. The summed E-state index contributed by atoms with van der Waals surface area (Å²) in [5, 5.41) is 17.1. The van der Waals surface area contributed by atoms with Crippen molar-refractivity contribution in [3.8, 4) is 0 Å². The number of furan rings is 1. The first-order chi connectivity index (χ1) is 13.7. The molecule has 1 aliphatic heterocycles. The zero-order valence-electron chi connectivity index (χ0n) is 15.3. The van der Waals surface area contributed by atoms with Crippen LogP contribution in [0.5, 0.6) is 0 Å². The lowest BCUT2D eigenvalue weighted by Gasteiger charge is -2.19. The van der Waals surface area contributed by atoms with E-state index >= 15 is 0 Å². The Morgan fingerprint density at radius 1 is 1.43 bits per heavy atom. The second kappa shape index (κ2) is 8.15. The van der Waals surface area contributed by atoms with Crippen LogP contribution in [0.25, 0.3) is 0 Å². The summed E-state index contributed by atoms with van der Waals surface area (Å²) in [5.41, 5.74) is 0.903. The van der Waals surface area contributed by atoms with E-state index in [2.05, 4.69) is 21.9 Å². The van der Waals surface area contributed by atoms with Crippen molar-refractivity contribution >= 4 is 34.7 Å². The van der Waals surface area contributed by atoms with Crippen molar-refractivity contribution in [3.05, 3.63) is 65.0 Å². The molecule has 0 saturated carbocycles. The lowest BCUT2D eigenvalue weighted by Crippen LogP contribution is -2.28. The molecule has 9 heteroatoms. The van der Waals surface area contributed by atoms with Gasteiger partial charge in [-0.3, -0.25) is 4.79 Å². The molecule has 144 valence electrons. The Balaban J connectivity index is 1.53. The zero-order chi connectivity index (χ0) is 19.5. The van der Waals surface area contributed by atoms with E-state index in [9.17, 15) is 4.79 Å². The molecule has 1 amide bonds. The summed E-state index contributed by atoms with van der Waals surface area (Å²) >= 11 is 2.97. The second-order valence-corrected chi connectivity index (χ2v) is 8.11. The Kier molecular flexibility index (Phi) is 5.45. The van der Waals surface area contributed by atoms with E-state index in [-0.39, 0.29) is 17.7 Å². The van der Waals surface area contributed by atoms with E-state index in [1.54, 1.807) is 28.7 Å². The molecule has 0 fully saturated rings. The van der Waals surface area contributed by atoms with Crippen molar-refractivity contribution in [1.82, 2.24) is 19.8 Å². The van der Waals surface area contributed by atoms with Gasteiger partial charge in [0.1, 0.15) is 17.6 Å². The van der Waals surface area contributed by atoms with E-state index in [0.29, 0.717) is 18.1 Å². The third-order valence-electron chi connectivity index (χ3n) is 4.38. The minimum absolute atomic E-state index is 0.0937. The number of rotatable bonds is 7. The minimum Gasteiger partial charge on any atom is -0.467 e. The molecular weight excluding hydrogens is 394 g/mol. The number of aromatic nitrogens is 3. The molecule has 0 spiro atoms. The molecule has 1 aliphatic rings. The van der Waals surface area contributed by atoms with Crippen molar-refractivity contribution in [2.45, 2.75) is 31.1 Å². The van der Waals surface area contributed by atoms with Gasteiger partial charge >= 0.3 is 0 Å². The highest BCUT2D eigenvalue weighted by Crippen LogP contribution is 2.34. The molecule has 0 N–H and O–H groups in total. The molecule has 0 saturated heterocycles. The summed E-state index contributed by atoms with van der Waals surface area (Å²) in [5.74, 6) is 1.65. The van der Waals surface area contributed by atoms with Gasteiger partial charge in [0.05, 0.1) is 22.6 Å². The van der Waals surface area contributed by atoms with Crippen LogP contribution in [0.15, 0.2) is 63.2 Å². The summed E-state index contributed by atoms with van der Waals surface area (Å²) in [6.45, 7) is 6.25. The number of allylic oxidation sites excluding steroid dienone is 1. The summed E-state index contributed by atoms with van der Waals surface area (Å²) in [4.78, 5) is 14.1. The number of hydrogen-bond acceptors (Lipinski definition) is 7. The largest absolute Gasteiger partial charge is 0.467 e. The normalized spacial score (nSPS) is 16.4. The Hall–Kier alpha value is -2.65. The molecule has 28 heavy (non-hydrogen) atoms. The number of hydrazone groups is 1. The van der Waals surface area contributed by atoms with Crippen molar-refractivity contribution in [2.75, 3.05) is 5.75 Å². The van der Waals surface area contributed by atoms with Crippen LogP contribution in [0.3, 0.4) is 0 Å². The van der Waals surface area contributed by atoms with Gasteiger partial charge < -0.3 is 8.98 Å². The molecule has 0 radical (unpaired) electrons. The number of carbonyl (C=O) groups excluding carboxylic acids is 1. The third-order valence-corrected chi connectivity index (χ3v) is 6.25. The van der Waals surface area contributed by atoms with Gasteiger partial charge in [-0.15, -0.1) is 28.1 Å². The van der Waals surface area contributed by atoms with Crippen LogP contribution in [0.1, 0.15) is 28.9 Å². The predicted octanol–water partition coefficient (Wildman–Crippen LogP) is 3.90. The SMILES string of the molecule is C=CCn1c(C)nnc1SCC(=O)N1N=C(c2cccs2)CC1c1ccco1. The number of thiophene rings is 1. The second-order valence-electron chi connectivity index (χ2n) is 6.22. The Bertz CT molecular complexity index is 992. The molecule has 4 rings (SSSR count). The van der Waals surface area contributed by atoms with E-state index < -0.39 is 0 Å². The van der Waals surface area contributed by atoms with Gasteiger partial charge in [0.15, 0.2) is 5.16 Å². The van der Waals surface area contributed by atoms with Gasteiger partial charge in [-0.05, 0) is 30.5 Å². The maximum Gasteiger partial charge on any atom is 0.253 e. The molecule has 7 nitrogen and oxygen atoms in total. The smallest absolute Gasteiger partial charge is 0.253 e. The fourth-order valence-electron chi connectivity index (χ4n) is 3.03. The average Bonchev–Trinajstić information content (AvgIpc) is 3.47. The number of thioether (sulfide) groups is 1. The predicted molar refractivity (Wildman–Crippen MR) is 109 cm³/mol. The number of carbonyl (C=O) groups is 1. The van der Waals surface area contributed by atoms with Gasteiger partial charge in [-0.1, -0.05) is 23.9 Å². The first-order valence-electron chi connectivity index (χ1n) is 8.77. The number of hydrogen-bond donors (Lipinski definition) is 0. The van der Waals surface area contributed by atoms with Crippen LogP contribution in [-0.2, 0) is 11.3 Å². The maximum atomic E-state index is 13.0. The lowest BCUT2D eigenvalue weighted by molar-refractivity contribution is -0.130. The topological polar surface area (TPSA) is 76.5 Å². The zero-order valence-corrected chi connectivity index (χ0v) is 16.9. The van der Waals surface area contributed by atoms with Crippen LogP contribution < -0.4 is 0 Å². The van der Waals surface area contributed by atoms with Crippen LogP contribution >= 0.6 is 23.1 Å². The fraction of sp³-hybridized carbons (Fsp3) is 0.263. The van der Waals surface area contributed by atoms with Crippen molar-refractivity contribution in [1.29, 1.82) is 0 Å².